The Balaban J connectivity index is 1.95. The smallest absolute Gasteiger partial charge is 0.335 e. The second-order valence-corrected chi connectivity index (χ2v) is 5.98. The Morgan fingerprint density at radius 2 is 1.52 bits per heavy atom. The number of benzene rings is 2. The Kier molecular flexibility index (Phi) is 5.00. The van der Waals surface area contributed by atoms with Gasteiger partial charge in [0.15, 0.2) is 5.78 Å². The van der Waals surface area contributed by atoms with Gasteiger partial charge in [-0.1, -0.05) is 42.5 Å². The molecule has 2 aromatic carbocycles. The van der Waals surface area contributed by atoms with Crippen molar-refractivity contribution in [3.8, 4) is 0 Å². The predicted molar refractivity (Wildman–Crippen MR) is 80.9 cm³/mol. The molecule has 0 fully saturated rings. The van der Waals surface area contributed by atoms with Crippen molar-refractivity contribution in [1.82, 2.24) is 0 Å². The average Bonchev–Trinajstić information content (AvgIpc) is 2.48. The van der Waals surface area contributed by atoms with E-state index in [0.717, 1.165) is 5.56 Å². The number of hydrogen-bond acceptors (Lipinski definition) is 3. The van der Waals surface area contributed by atoms with Crippen LogP contribution in [0, 0.1) is 0 Å². The maximum Gasteiger partial charge on any atom is 0.335 e. The van der Waals surface area contributed by atoms with Crippen LogP contribution in [0.4, 0.5) is 0 Å². The van der Waals surface area contributed by atoms with Gasteiger partial charge in [-0.2, -0.15) is 0 Å². The quantitative estimate of drug-likeness (QED) is 0.832. The largest absolute Gasteiger partial charge is 0.478 e. The minimum atomic E-state index is -1.32. The molecule has 0 saturated carbocycles. The Labute approximate surface area is 124 Å². The Morgan fingerprint density at radius 3 is 2.10 bits per heavy atom. The highest BCUT2D eigenvalue weighted by atomic mass is 32.2. The number of carboxylic acid groups (broad SMARTS) is 1. The molecule has 1 unspecified atom stereocenters. The summed E-state index contributed by atoms with van der Waals surface area (Å²) >= 11 is 0. The van der Waals surface area contributed by atoms with Gasteiger partial charge in [0, 0.05) is 22.1 Å². The molecular formula is C16H14O4S. The minimum Gasteiger partial charge on any atom is -0.478 e. The van der Waals surface area contributed by atoms with Crippen LogP contribution in [0.3, 0.4) is 0 Å². The van der Waals surface area contributed by atoms with Crippen LogP contribution in [0.1, 0.15) is 26.3 Å². The fraction of sp³-hybridized carbons (Fsp3) is 0.125. The van der Waals surface area contributed by atoms with Gasteiger partial charge in [-0.05, 0) is 17.7 Å². The fourth-order valence-electron chi connectivity index (χ4n) is 1.83. The monoisotopic (exact) mass is 302 g/mol. The summed E-state index contributed by atoms with van der Waals surface area (Å²) < 4.78 is 12.0. The molecule has 2 aromatic rings. The highest BCUT2D eigenvalue weighted by molar-refractivity contribution is 7.85. The maximum absolute atomic E-state index is 12.0. The van der Waals surface area contributed by atoms with Gasteiger partial charge >= 0.3 is 5.97 Å². The molecule has 0 amide bonds. The van der Waals surface area contributed by atoms with Gasteiger partial charge < -0.3 is 5.11 Å². The molecule has 0 aliphatic rings. The van der Waals surface area contributed by atoms with Crippen molar-refractivity contribution in [3.05, 3.63) is 71.3 Å². The molecule has 21 heavy (non-hydrogen) atoms. The first-order chi connectivity index (χ1) is 10.1. The zero-order valence-electron chi connectivity index (χ0n) is 11.2. The molecule has 2 rings (SSSR count). The number of carbonyl (C=O) groups excluding carboxylic acids is 1. The van der Waals surface area contributed by atoms with Gasteiger partial charge in [0.2, 0.25) is 0 Å². The van der Waals surface area contributed by atoms with Crippen molar-refractivity contribution >= 4 is 22.6 Å². The van der Waals surface area contributed by atoms with Gasteiger partial charge in [0.05, 0.1) is 11.3 Å². The van der Waals surface area contributed by atoms with Gasteiger partial charge in [-0.25, -0.2) is 4.79 Å². The SMILES string of the molecule is O=C(O)c1ccc(CS(=O)CC(=O)c2ccccc2)cc1. The molecule has 1 atom stereocenters. The van der Waals surface area contributed by atoms with Crippen molar-refractivity contribution in [1.29, 1.82) is 0 Å². The summed E-state index contributed by atoms with van der Waals surface area (Å²) in [4.78, 5) is 22.7. The third kappa shape index (κ3) is 4.36. The maximum atomic E-state index is 12.0. The molecule has 108 valence electrons. The highest BCUT2D eigenvalue weighted by Crippen LogP contribution is 2.09. The first-order valence-electron chi connectivity index (χ1n) is 6.32. The van der Waals surface area contributed by atoms with E-state index in [4.69, 9.17) is 5.11 Å². The number of aromatic carboxylic acids is 1. The van der Waals surface area contributed by atoms with E-state index >= 15 is 0 Å². The van der Waals surface area contributed by atoms with Crippen LogP contribution in [0.25, 0.3) is 0 Å². The summed E-state index contributed by atoms with van der Waals surface area (Å²) in [7, 11) is -1.32. The molecule has 0 aromatic heterocycles. The Hall–Kier alpha value is -2.27. The third-order valence-corrected chi connectivity index (χ3v) is 4.16. The fourth-order valence-corrected chi connectivity index (χ4v) is 2.96. The first kappa shape index (κ1) is 15.1. The van der Waals surface area contributed by atoms with Gasteiger partial charge in [-0.3, -0.25) is 9.00 Å². The molecule has 0 radical (unpaired) electrons. The van der Waals surface area contributed by atoms with E-state index in [0.29, 0.717) is 5.56 Å². The zero-order valence-corrected chi connectivity index (χ0v) is 12.0. The van der Waals surface area contributed by atoms with Crippen LogP contribution in [-0.4, -0.2) is 26.8 Å². The van der Waals surface area contributed by atoms with E-state index in [9.17, 15) is 13.8 Å². The lowest BCUT2D eigenvalue weighted by molar-refractivity contribution is 0.0696. The topological polar surface area (TPSA) is 71.4 Å². The number of carbonyl (C=O) groups is 2. The van der Waals surface area contributed by atoms with Crippen molar-refractivity contribution in [2.45, 2.75) is 5.75 Å². The first-order valence-corrected chi connectivity index (χ1v) is 7.80. The number of hydrogen-bond donors (Lipinski definition) is 1. The summed E-state index contributed by atoms with van der Waals surface area (Å²) in [5.41, 5.74) is 1.48. The molecule has 0 heterocycles. The number of rotatable bonds is 6. The highest BCUT2D eigenvalue weighted by Gasteiger charge is 2.11. The second-order valence-electron chi connectivity index (χ2n) is 4.52. The van der Waals surface area contributed by atoms with Crippen LogP contribution < -0.4 is 0 Å². The van der Waals surface area contributed by atoms with E-state index in [2.05, 4.69) is 0 Å². The number of Topliss-reactive ketones (excluding diaryl/α,β-unsaturated/α-hetero) is 1. The minimum absolute atomic E-state index is 0.0370. The van der Waals surface area contributed by atoms with Crippen LogP contribution >= 0.6 is 0 Å². The van der Waals surface area contributed by atoms with E-state index < -0.39 is 16.8 Å². The molecule has 0 saturated heterocycles. The van der Waals surface area contributed by atoms with Crippen LogP contribution in [0.5, 0.6) is 0 Å². The zero-order chi connectivity index (χ0) is 15.2. The summed E-state index contributed by atoms with van der Waals surface area (Å²) in [6.45, 7) is 0. The van der Waals surface area contributed by atoms with Gasteiger partial charge in [0.1, 0.15) is 0 Å². The lowest BCUT2D eigenvalue weighted by Crippen LogP contribution is -2.12. The van der Waals surface area contributed by atoms with E-state index in [-0.39, 0.29) is 22.9 Å². The van der Waals surface area contributed by atoms with E-state index in [1.165, 1.54) is 12.1 Å². The van der Waals surface area contributed by atoms with Crippen LogP contribution in [0.2, 0.25) is 0 Å². The third-order valence-electron chi connectivity index (χ3n) is 2.92. The second kappa shape index (κ2) is 6.95. The Morgan fingerprint density at radius 1 is 0.905 bits per heavy atom. The van der Waals surface area contributed by atoms with Gasteiger partial charge in [0.25, 0.3) is 0 Å². The Bertz CT molecular complexity index is 662. The molecule has 0 aliphatic carbocycles. The molecule has 5 heteroatoms. The van der Waals surface area contributed by atoms with Crippen molar-refractivity contribution in [3.63, 3.8) is 0 Å². The standard InChI is InChI=1S/C16H14O4S/c17-15(13-4-2-1-3-5-13)11-21(20)10-12-6-8-14(9-7-12)16(18)19/h1-9H,10-11H2,(H,18,19). The number of carboxylic acids is 1. The van der Waals surface area contributed by atoms with Crippen molar-refractivity contribution in [2.24, 2.45) is 0 Å². The lowest BCUT2D eigenvalue weighted by Gasteiger charge is -2.03. The molecule has 0 bridgehead atoms. The molecule has 0 aliphatic heterocycles. The molecular weight excluding hydrogens is 288 g/mol. The summed E-state index contributed by atoms with van der Waals surface area (Å²) in [5.74, 6) is -0.957. The van der Waals surface area contributed by atoms with E-state index in [1.807, 2.05) is 6.07 Å². The van der Waals surface area contributed by atoms with Crippen LogP contribution in [-0.2, 0) is 16.6 Å². The molecule has 4 nitrogen and oxygen atoms in total. The number of ketones is 1. The predicted octanol–water partition coefficient (Wildman–Crippen LogP) is 2.52. The van der Waals surface area contributed by atoms with Crippen LogP contribution in [0.15, 0.2) is 54.6 Å². The normalized spacial score (nSPS) is 11.8. The average molecular weight is 302 g/mol. The van der Waals surface area contributed by atoms with Crippen molar-refractivity contribution < 1.29 is 18.9 Å². The summed E-state index contributed by atoms with van der Waals surface area (Å²) in [6, 6.07) is 14.9. The van der Waals surface area contributed by atoms with Gasteiger partial charge in [-0.15, -0.1) is 0 Å². The van der Waals surface area contributed by atoms with Crippen molar-refractivity contribution in [2.75, 3.05) is 5.75 Å². The molecule has 1 N–H and O–H groups in total. The summed E-state index contributed by atoms with van der Waals surface area (Å²) in [5, 5.41) is 8.80. The molecule has 0 spiro atoms. The summed E-state index contributed by atoms with van der Waals surface area (Å²) in [6.07, 6.45) is 0. The van der Waals surface area contributed by atoms with E-state index in [1.54, 1.807) is 36.4 Å². The lowest BCUT2D eigenvalue weighted by atomic mass is 10.1.